The van der Waals surface area contributed by atoms with Crippen LogP contribution in [0.5, 0.6) is 0 Å². The van der Waals surface area contributed by atoms with Crippen LogP contribution in [0.4, 0.5) is 15.8 Å². The van der Waals surface area contributed by atoms with Gasteiger partial charge in [0.25, 0.3) is 5.91 Å². The summed E-state index contributed by atoms with van der Waals surface area (Å²) >= 11 is 12.5. The molecule has 0 saturated carbocycles. The van der Waals surface area contributed by atoms with E-state index in [0.29, 0.717) is 34.9 Å². The van der Waals surface area contributed by atoms with Crippen LogP contribution in [-0.4, -0.2) is 58.5 Å². The summed E-state index contributed by atoms with van der Waals surface area (Å²) in [6.07, 6.45) is -3.05. The van der Waals surface area contributed by atoms with Gasteiger partial charge < -0.3 is 30.7 Å². The number of anilines is 2. The molecular formula is C26H22Cl2FN3O6. The first-order chi connectivity index (χ1) is 17.9. The highest BCUT2D eigenvalue weighted by Gasteiger charge is 2.43. The molecular weight excluding hydrogens is 540 g/mol. The third kappa shape index (κ3) is 4.82. The summed E-state index contributed by atoms with van der Waals surface area (Å²) in [6.45, 7) is 0.805. The molecule has 3 aromatic rings. The molecule has 3 fully saturated rings. The van der Waals surface area contributed by atoms with Crippen LogP contribution in [0.25, 0.3) is 11.1 Å². The molecule has 3 heterocycles. The number of benzene rings is 3. The van der Waals surface area contributed by atoms with Gasteiger partial charge in [0.15, 0.2) is 0 Å². The van der Waals surface area contributed by atoms with Gasteiger partial charge in [-0.05, 0) is 48.0 Å². The van der Waals surface area contributed by atoms with Crippen LogP contribution in [0.2, 0.25) is 10.0 Å². The molecule has 198 valence electrons. The highest BCUT2D eigenvalue weighted by atomic mass is 35.5. The fourth-order valence-electron chi connectivity index (χ4n) is 4.81. The van der Waals surface area contributed by atoms with E-state index in [9.17, 15) is 29.3 Å². The van der Waals surface area contributed by atoms with Crippen LogP contribution in [0.3, 0.4) is 0 Å². The van der Waals surface area contributed by atoms with Crippen LogP contribution >= 0.6 is 23.2 Å². The third-order valence-corrected chi connectivity index (χ3v) is 7.20. The zero-order chi connectivity index (χ0) is 27.4. The number of hydrogen-bond donors (Lipinski definition) is 4. The quantitative estimate of drug-likeness (QED) is 0.339. The van der Waals surface area contributed by atoms with Gasteiger partial charge in [0.1, 0.15) is 5.82 Å². The zero-order valence-electron chi connectivity index (χ0n) is 19.6. The third-order valence-electron chi connectivity index (χ3n) is 6.56. The summed E-state index contributed by atoms with van der Waals surface area (Å²) in [6, 6.07) is 12.5. The van der Waals surface area contributed by atoms with Gasteiger partial charge in [0, 0.05) is 35.7 Å². The lowest BCUT2D eigenvalue weighted by atomic mass is 9.96. The van der Waals surface area contributed by atoms with Crippen molar-refractivity contribution in [1.29, 1.82) is 0 Å². The number of morpholine rings is 1. The molecule has 3 aliphatic heterocycles. The number of aliphatic hydroxyl groups is 3. The van der Waals surface area contributed by atoms with Crippen LogP contribution < -0.4 is 15.5 Å². The van der Waals surface area contributed by atoms with Crippen LogP contribution in [0, 0.1) is 5.82 Å². The molecule has 6 rings (SSSR count). The number of halogens is 3. The van der Waals surface area contributed by atoms with E-state index in [1.165, 1.54) is 42.5 Å². The van der Waals surface area contributed by atoms with Crippen molar-refractivity contribution in [2.24, 2.45) is 5.73 Å². The molecule has 5 N–H and O–H groups in total. The molecule has 38 heavy (non-hydrogen) atoms. The van der Waals surface area contributed by atoms with E-state index in [-0.39, 0.29) is 33.4 Å². The lowest BCUT2D eigenvalue weighted by Gasteiger charge is -2.49. The molecule has 0 aliphatic carbocycles. The Bertz CT molecular complexity index is 1410. The summed E-state index contributed by atoms with van der Waals surface area (Å²) in [7, 11) is 0. The van der Waals surface area contributed by atoms with Crippen molar-refractivity contribution in [2.75, 3.05) is 22.9 Å². The van der Waals surface area contributed by atoms with Crippen molar-refractivity contribution < 1.29 is 34.0 Å². The van der Waals surface area contributed by atoms with E-state index >= 15 is 0 Å². The molecule has 9 nitrogen and oxygen atoms in total. The number of piperidine rings is 1. The number of carbonyl (C=O) groups excluding carboxylic acids is 2. The molecule has 2 amide bonds. The van der Waals surface area contributed by atoms with Gasteiger partial charge in [-0.3, -0.25) is 9.59 Å². The van der Waals surface area contributed by atoms with Crippen molar-refractivity contribution in [1.82, 2.24) is 0 Å². The fourth-order valence-corrected chi connectivity index (χ4v) is 5.28. The maximum absolute atomic E-state index is 14.7. The Morgan fingerprint density at radius 3 is 2.32 bits per heavy atom. The normalized spacial score (nSPS) is 18.6. The Balaban J connectivity index is 1.68. The number of hydrogen-bond acceptors (Lipinski definition) is 7. The Kier molecular flexibility index (Phi) is 6.80. The molecule has 3 aliphatic rings. The topological polar surface area (TPSA) is 137 Å². The average molecular weight is 562 g/mol. The molecule has 0 spiro atoms. The summed E-state index contributed by atoms with van der Waals surface area (Å²) in [5, 5.41) is 30.9. The molecule has 0 aromatic heterocycles. The van der Waals surface area contributed by atoms with Gasteiger partial charge >= 0.3 is 6.10 Å². The lowest BCUT2D eigenvalue weighted by molar-refractivity contribution is -0.304. The summed E-state index contributed by atoms with van der Waals surface area (Å²) in [5.74, 6) is -2.96. The lowest BCUT2D eigenvalue weighted by Crippen LogP contribution is -2.58. The number of carbonyl (C=O) groups is 2. The number of rotatable bonds is 6. The van der Waals surface area contributed by atoms with Crippen LogP contribution in [0.1, 0.15) is 27.1 Å². The van der Waals surface area contributed by atoms with Gasteiger partial charge in [-0.2, -0.15) is 0 Å². The summed E-state index contributed by atoms with van der Waals surface area (Å²) < 4.78 is 20.4. The van der Waals surface area contributed by atoms with Gasteiger partial charge in [-0.25, -0.2) is 9.29 Å². The van der Waals surface area contributed by atoms with E-state index in [1.807, 2.05) is 4.90 Å². The molecule has 2 atom stereocenters. The number of nitrogens with two attached hydrogens (primary N) is 1. The Morgan fingerprint density at radius 1 is 1.03 bits per heavy atom. The number of ether oxygens (including phenoxy) is 1. The molecule has 0 radical (unpaired) electrons. The van der Waals surface area contributed by atoms with Crippen molar-refractivity contribution in [3.8, 4) is 11.1 Å². The maximum atomic E-state index is 14.7. The van der Waals surface area contributed by atoms with Crippen molar-refractivity contribution >= 4 is 46.4 Å². The standard InChI is InChI=1S/C26H22Cl2FN3O6/c27-18-6-4-14(24(30)33)8-17(18)13-5-7-21(22(9-13)31-11-15-10-16(12-31)38-15)32(26(35,36)37)25(34)23-19(28)2-1-3-20(23)29/h1-9,15-16,35-37H,10-12H2,(H2,30,33). The van der Waals surface area contributed by atoms with Crippen molar-refractivity contribution in [3.05, 3.63) is 81.6 Å². The molecule has 2 unspecified atom stereocenters. The number of amides is 2. The van der Waals surface area contributed by atoms with Gasteiger partial charge in [-0.15, -0.1) is 0 Å². The Labute approximate surface area is 226 Å². The van der Waals surface area contributed by atoms with Gasteiger partial charge in [-0.1, -0.05) is 35.3 Å². The highest BCUT2D eigenvalue weighted by molar-refractivity contribution is 6.35. The smallest absolute Gasteiger partial charge is 0.371 e. The summed E-state index contributed by atoms with van der Waals surface area (Å²) in [5.41, 5.74) is 6.10. The fraction of sp³-hybridized carbons (Fsp3) is 0.231. The number of primary amides is 1. The van der Waals surface area contributed by atoms with Crippen molar-refractivity contribution in [3.63, 3.8) is 0 Å². The largest absolute Gasteiger partial charge is 0.376 e. The van der Waals surface area contributed by atoms with E-state index in [1.54, 1.807) is 6.07 Å². The second kappa shape index (κ2) is 9.81. The highest BCUT2D eigenvalue weighted by Crippen LogP contribution is 2.42. The first kappa shape index (κ1) is 26.4. The first-order valence-corrected chi connectivity index (χ1v) is 12.3. The minimum absolute atomic E-state index is 0.0839. The zero-order valence-corrected chi connectivity index (χ0v) is 21.2. The summed E-state index contributed by atoms with van der Waals surface area (Å²) in [4.78, 5) is 27.3. The minimum atomic E-state index is -3.72. The second-order valence-electron chi connectivity index (χ2n) is 9.12. The Morgan fingerprint density at radius 2 is 1.71 bits per heavy atom. The molecule has 3 saturated heterocycles. The average Bonchev–Trinajstić information content (AvgIpc) is 2.83. The number of fused-ring (bicyclic) bond motifs is 2. The maximum Gasteiger partial charge on any atom is 0.376 e. The first-order valence-electron chi connectivity index (χ1n) is 11.5. The minimum Gasteiger partial charge on any atom is -0.371 e. The van der Waals surface area contributed by atoms with Gasteiger partial charge in [0.2, 0.25) is 5.91 Å². The van der Waals surface area contributed by atoms with E-state index in [2.05, 4.69) is 0 Å². The van der Waals surface area contributed by atoms with E-state index < -0.39 is 29.3 Å². The van der Waals surface area contributed by atoms with E-state index in [4.69, 9.17) is 33.7 Å². The van der Waals surface area contributed by atoms with E-state index in [0.717, 1.165) is 12.5 Å². The van der Waals surface area contributed by atoms with Crippen molar-refractivity contribution in [2.45, 2.75) is 24.7 Å². The predicted molar refractivity (Wildman–Crippen MR) is 139 cm³/mol. The van der Waals surface area contributed by atoms with Crippen LogP contribution in [-0.2, 0) is 4.74 Å². The SMILES string of the molecule is NC(=O)c1ccc(Cl)c(-c2ccc(N(C(=O)c3c(F)cccc3Cl)C(O)(O)O)c(N3CC4CC(C3)O4)c2)c1. The molecule has 2 bridgehead atoms. The predicted octanol–water partition coefficient (Wildman–Crippen LogP) is 3.11. The molecule has 12 heteroatoms. The Hall–Kier alpha value is -3.25. The van der Waals surface area contributed by atoms with Crippen LogP contribution in [0.15, 0.2) is 54.6 Å². The number of nitrogens with zero attached hydrogens (tertiary/aromatic N) is 2. The second-order valence-corrected chi connectivity index (χ2v) is 9.93. The van der Waals surface area contributed by atoms with Gasteiger partial charge in [0.05, 0.1) is 34.2 Å². The molecule has 3 aromatic carbocycles. The monoisotopic (exact) mass is 561 g/mol.